The molecule has 31 heavy (non-hydrogen) atoms. The van der Waals surface area contributed by atoms with Gasteiger partial charge in [-0.25, -0.2) is 4.79 Å². The molecular formula is C23H27NO7. The zero-order chi connectivity index (χ0) is 22.8. The molecule has 1 amide bonds. The number of benzene rings is 2. The molecule has 0 aliphatic heterocycles. The highest BCUT2D eigenvalue weighted by molar-refractivity contribution is 5.94. The van der Waals surface area contributed by atoms with Gasteiger partial charge in [0.1, 0.15) is 6.04 Å². The van der Waals surface area contributed by atoms with Crippen LogP contribution in [0.5, 0.6) is 23.0 Å². The number of methoxy groups -OCH3 is 5. The molecule has 8 heteroatoms. The first kappa shape index (κ1) is 23.6. The van der Waals surface area contributed by atoms with Gasteiger partial charge in [0.2, 0.25) is 5.91 Å². The number of amides is 1. The molecule has 0 saturated heterocycles. The molecule has 0 saturated carbocycles. The number of ether oxygens (including phenoxy) is 5. The molecule has 8 nitrogen and oxygen atoms in total. The van der Waals surface area contributed by atoms with E-state index in [2.05, 4.69) is 5.32 Å². The van der Waals surface area contributed by atoms with Gasteiger partial charge in [-0.05, 0) is 41.5 Å². The number of rotatable bonds is 10. The Morgan fingerprint density at radius 2 is 1.42 bits per heavy atom. The standard InChI is InChI=1S/C23H27NO7/c1-27-18-9-6-15(13-20(18)29-3)8-11-22(25)24-17(23(26)31-5)12-16-7-10-19(28-2)21(14-16)30-4/h6-11,13-14,17H,12H2,1-5H3,(H,24,25)/b11-8+/t17-/m0/s1. The van der Waals surface area contributed by atoms with E-state index >= 15 is 0 Å². The third kappa shape index (κ3) is 6.40. The van der Waals surface area contributed by atoms with Crippen molar-refractivity contribution in [2.75, 3.05) is 35.5 Å². The highest BCUT2D eigenvalue weighted by atomic mass is 16.5. The highest BCUT2D eigenvalue weighted by Crippen LogP contribution is 2.29. The SMILES string of the molecule is COC(=O)[C@H](Cc1ccc(OC)c(OC)c1)NC(=O)/C=C/c1ccc(OC)c(OC)c1. The van der Waals surface area contributed by atoms with E-state index in [1.165, 1.54) is 27.4 Å². The predicted molar refractivity (Wildman–Crippen MR) is 116 cm³/mol. The first-order valence-corrected chi connectivity index (χ1v) is 9.45. The predicted octanol–water partition coefficient (Wildman–Crippen LogP) is 2.63. The summed E-state index contributed by atoms with van der Waals surface area (Å²) in [6.07, 6.45) is 3.18. The van der Waals surface area contributed by atoms with Crippen molar-refractivity contribution in [1.29, 1.82) is 0 Å². The van der Waals surface area contributed by atoms with Gasteiger partial charge >= 0.3 is 5.97 Å². The van der Waals surface area contributed by atoms with Gasteiger partial charge in [-0.3, -0.25) is 4.79 Å². The fourth-order valence-electron chi connectivity index (χ4n) is 2.93. The van der Waals surface area contributed by atoms with Crippen molar-refractivity contribution in [3.63, 3.8) is 0 Å². The second kappa shape index (κ2) is 11.5. The van der Waals surface area contributed by atoms with E-state index in [4.69, 9.17) is 23.7 Å². The topological polar surface area (TPSA) is 92.3 Å². The van der Waals surface area contributed by atoms with E-state index in [9.17, 15) is 9.59 Å². The summed E-state index contributed by atoms with van der Waals surface area (Å²) >= 11 is 0. The van der Waals surface area contributed by atoms with Gasteiger partial charge < -0.3 is 29.0 Å². The molecular weight excluding hydrogens is 402 g/mol. The Morgan fingerprint density at radius 1 is 0.839 bits per heavy atom. The van der Waals surface area contributed by atoms with Crippen LogP contribution in [0.3, 0.4) is 0 Å². The van der Waals surface area contributed by atoms with Crippen LogP contribution < -0.4 is 24.3 Å². The van der Waals surface area contributed by atoms with Crippen molar-refractivity contribution < 1.29 is 33.3 Å². The highest BCUT2D eigenvalue weighted by Gasteiger charge is 2.22. The van der Waals surface area contributed by atoms with Crippen LogP contribution in [0.4, 0.5) is 0 Å². The number of nitrogens with one attached hydrogen (secondary N) is 1. The van der Waals surface area contributed by atoms with E-state index in [-0.39, 0.29) is 6.42 Å². The van der Waals surface area contributed by atoms with Gasteiger partial charge in [-0.2, -0.15) is 0 Å². The molecule has 0 aromatic heterocycles. The third-order valence-corrected chi connectivity index (χ3v) is 4.52. The Labute approximate surface area is 181 Å². The lowest BCUT2D eigenvalue weighted by Gasteiger charge is -2.17. The van der Waals surface area contributed by atoms with Gasteiger partial charge in [-0.15, -0.1) is 0 Å². The molecule has 166 valence electrons. The molecule has 0 aliphatic carbocycles. The monoisotopic (exact) mass is 429 g/mol. The minimum atomic E-state index is -0.870. The molecule has 2 rings (SSSR count). The molecule has 0 fully saturated rings. The third-order valence-electron chi connectivity index (χ3n) is 4.52. The van der Waals surface area contributed by atoms with Crippen molar-refractivity contribution in [1.82, 2.24) is 5.32 Å². The lowest BCUT2D eigenvalue weighted by atomic mass is 10.0. The first-order valence-electron chi connectivity index (χ1n) is 9.45. The molecule has 0 bridgehead atoms. The molecule has 1 N–H and O–H groups in total. The van der Waals surface area contributed by atoms with Gasteiger partial charge in [-0.1, -0.05) is 12.1 Å². The minimum Gasteiger partial charge on any atom is -0.493 e. The molecule has 0 spiro atoms. The zero-order valence-electron chi connectivity index (χ0n) is 18.3. The largest absolute Gasteiger partial charge is 0.493 e. The normalized spacial score (nSPS) is 11.5. The Kier molecular flexibility index (Phi) is 8.75. The van der Waals surface area contributed by atoms with Crippen molar-refractivity contribution >= 4 is 18.0 Å². The Balaban J connectivity index is 2.13. The van der Waals surface area contributed by atoms with Crippen LogP contribution in [0, 0.1) is 0 Å². The van der Waals surface area contributed by atoms with Crippen molar-refractivity contribution in [3.05, 3.63) is 53.6 Å². The molecule has 2 aromatic rings. The summed E-state index contributed by atoms with van der Waals surface area (Å²) in [5.41, 5.74) is 1.51. The van der Waals surface area contributed by atoms with Gasteiger partial charge in [0.25, 0.3) is 0 Å². The van der Waals surface area contributed by atoms with Crippen LogP contribution >= 0.6 is 0 Å². The molecule has 1 atom stereocenters. The molecule has 0 aliphatic rings. The summed E-state index contributed by atoms with van der Waals surface area (Å²) in [5.74, 6) is 1.25. The molecule has 0 heterocycles. The van der Waals surface area contributed by atoms with Crippen LogP contribution in [-0.2, 0) is 20.7 Å². The molecule has 2 aromatic carbocycles. The fourth-order valence-corrected chi connectivity index (χ4v) is 2.93. The lowest BCUT2D eigenvalue weighted by Crippen LogP contribution is -2.42. The average molecular weight is 429 g/mol. The summed E-state index contributed by atoms with van der Waals surface area (Å²) < 4.78 is 25.8. The van der Waals surface area contributed by atoms with E-state index in [0.29, 0.717) is 23.0 Å². The lowest BCUT2D eigenvalue weighted by molar-refractivity contribution is -0.144. The summed E-state index contributed by atoms with van der Waals surface area (Å²) in [6, 6.07) is 9.68. The van der Waals surface area contributed by atoms with E-state index in [1.807, 2.05) is 0 Å². The van der Waals surface area contributed by atoms with E-state index in [1.54, 1.807) is 56.7 Å². The van der Waals surface area contributed by atoms with Gasteiger partial charge in [0.05, 0.1) is 35.5 Å². The Morgan fingerprint density at radius 3 is 2.00 bits per heavy atom. The summed E-state index contributed by atoms with van der Waals surface area (Å²) in [4.78, 5) is 24.6. The maximum absolute atomic E-state index is 12.4. The first-order chi connectivity index (χ1) is 14.9. The summed E-state index contributed by atoms with van der Waals surface area (Å²) in [5, 5.41) is 2.68. The zero-order valence-corrected chi connectivity index (χ0v) is 18.3. The minimum absolute atomic E-state index is 0.225. The van der Waals surface area contributed by atoms with E-state index < -0.39 is 17.9 Å². The summed E-state index contributed by atoms with van der Waals surface area (Å²) in [6.45, 7) is 0. The molecule has 0 unspecified atom stereocenters. The van der Waals surface area contributed by atoms with Gasteiger partial charge in [0, 0.05) is 12.5 Å². The summed E-state index contributed by atoms with van der Waals surface area (Å²) in [7, 11) is 7.43. The van der Waals surface area contributed by atoms with Crippen molar-refractivity contribution in [3.8, 4) is 23.0 Å². The fraction of sp³-hybridized carbons (Fsp3) is 0.304. The second-order valence-corrected chi connectivity index (χ2v) is 6.43. The van der Waals surface area contributed by atoms with Crippen LogP contribution in [0.25, 0.3) is 6.08 Å². The van der Waals surface area contributed by atoms with Crippen LogP contribution in [0.2, 0.25) is 0 Å². The van der Waals surface area contributed by atoms with Crippen molar-refractivity contribution in [2.45, 2.75) is 12.5 Å². The number of carbonyl (C=O) groups excluding carboxylic acids is 2. The molecule has 0 radical (unpaired) electrons. The van der Waals surface area contributed by atoms with Crippen LogP contribution in [-0.4, -0.2) is 53.5 Å². The smallest absolute Gasteiger partial charge is 0.328 e. The Hall–Kier alpha value is -3.68. The second-order valence-electron chi connectivity index (χ2n) is 6.43. The maximum Gasteiger partial charge on any atom is 0.328 e. The van der Waals surface area contributed by atoms with E-state index in [0.717, 1.165) is 11.1 Å². The van der Waals surface area contributed by atoms with Crippen LogP contribution in [0.15, 0.2) is 42.5 Å². The number of hydrogen-bond donors (Lipinski definition) is 1. The maximum atomic E-state index is 12.4. The van der Waals surface area contributed by atoms with Gasteiger partial charge in [0.15, 0.2) is 23.0 Å². The van der Waals surface area contributed by atoms with Crippen LogP contribution in [0.1, 0.15) is 11.1 Å². The van der Waals surface area contributed by atoms with Crippen molar-refractivity contribution in [2.24, 2.45) is 0 Å². The average Bonchev–Trinajstić information content (AvgIpc) is 2.81. The Bertz CT molecular complexity index is 940. The quantitative estimate of drug-likeness (QED) is 0.458. The number of esters is 1. The number of hydrogen-bond acceptors (Lipinski definition) is 7. The number of carbonyl (C=O) groups is 2.